The van der Waals surface area contributed by atoms with E-state index in [1.165, 1.54) is 0 Å². The molecule has 8 nitrogen and oxygen atoms in total. The van der Waals surface area contributed by atoms with Crippen molar-refractivity contribution in [3.8, 4) is 5.69 Å². The smallest absolute Gasteiger partial charge is 0.178 e. The van der Waals surface area contributed by atoms with E-state index >= 15 is 0 Å². The third-order valence-corrected chi connectivity index (χ3v) is 2.30. The lowest BCUT2D eigenvalue weighted by Crippen LogP contribution is -1.96. The maximum absolute atomic E-state index is 3.90. The minimum Gasteiger partial charge on any atom is -0.201 e. The second kappa shape index (κ2) is 4.08. The quantitative estimate of drug-likeness (QED) is 0.664. The first-order chi connectivity index (χ1) is 8.42. The number of benzene rings is 1. The molecule has 84 valence electrons. The van der Waals surface area contributed by atoms with Crippen molar-refractivity contribution in [2.45, 2.75) is 6.42 Å². The minimum absolute atomic E-state index is 0.645. The summed E-state index contributed by atoms with van der Waals surface area (Å²) in [7, 11) is 0. The van der Waals surface area contributed by atoms with Gasteiger partial charge in [-0.2, -0.15) is 5.21 Å². The van der Waals surface area contributed by atoms with Crippen LogP contribution in [0.15, 0.2) is 30.6 Å². The highest BCUT2D eigenvalue weighted by atomic mass is 15.5. The standard InChI is InChI=1S/C9H8N8/c1-3-8(17-6-10-13-16-17)4-2-7(1)5-9-11-14-15-12-9/h1-4,6H,5H2,(H,11,12,14,15). The summed E-state index contributed by atoms with van der Waals surface area (Å²) >= 11 is 0. The summed E-state index contributed by atoms with van der Waals surface area (Å²) in [6, 6.07) is 7.83. The monoisotopic (exact) mass is 228 g/mol. The first-order valence-corrected chi connectivity index (χ1v) is 4.96. The van der Waals surface area contributed by atoms with Crippen molar-refractivity contribution < 1.29 is 0 Å². The largest absolute Gasteiger partial charge is 0.201 e. The van der Waals surface area contributed by atoms with Crippen LogP contribution in [-0.4, -0.2) is 40.8 Å². The van der Waals surface area contributed by atoms with Gasteiger partial charge in [0.1, 0.15) is 6.33 Å². The molecule has 2 heterocycles. The lowest BCUT2D eigenvalue weighted by molar-refractivity contribution is 0.788. The summed E-state index contributed by atoms with van der Waals surface area (Å²) in [5.74, 6) is 0.667. The Bertz CT molecular complexity index is 568. The van der Waals surface area contributed by atoms with Crippen LogP contribution >= 0.6 is 0 Å². The molecule has 0 aliphatic rings. The molecule has 3 aromatic rings. The summed E-state index contributed by atoms with van der Waals surface area (Å²) in [4.78, 5) is 0. The number of hydrogen-bond acceptors (Lipinski definition) is 6. The molecule has 1 N–H and O–H groups in total. The molecule has 3 rings (SSSR count). The summed E-state index contributed by atoms with van der Waals surface area (Å²) in [5.41, 5.74) is 2.01. The van der Waals surface area contributed by atoms with Crippen LogP contribution < -0.4 is 0 Å². The van der Waals surface area contributed by atoms with Crippen LogP contribution in [0.4, 0.5) is 0 Å². The predicted molar refractivity (Wildman–Crippen MR) is 56.1 cm³/mol. The highest BCUT2D eigenvalue weighted by Crippen LogP contribution is 2.09. The molecule has 0 saturated carbocycles. The van der Waals surface area contributed by atoms with E-state index in [4.69, 9.17) is 0 Å². The van der Waals surface area contributed by atoms with Gasteiger partial charge in [-0.1, -0.05) is 17.3 Å². The molecule has 0 aliphatic heterocycles. The second-order valence-electron chi connectivity index (χ2n) is 3.43. The molecule has 0 bridgehead atoms. The topological polar surface area (TPSA) is 98.1 Å². The number of aromatic nitrogens is 8. The Labute approximate surface area is 95.7 Å². The van der Waals surface area contributed by atoms with Gasteiger partial charge in [0.05, 0.1) is 5.69 Å². The van der Waals surface area contributed by atoms with Gasteiger partial charge >= 0.3 is 0 Å². The van der Waals surface area contributed by atoms with Crippen molar-refractivity contribution in [2.24, 2.45) is 0 Å². The van der Waals surface area contributed by atoms with Crippen LogP contribution in [-0.2, 0) is 6.42 Å². The Morgan fingerprint density at radius 2 is 2.06 bits per heavy atom. The molecular weight excluding hydrogens is 220 g/mol. The van der Waals surface area contributed by atoms with Gasteiger partial charge in [0, 0.05) is 6.42 Å². The molecular formula is C9H8N8. The summed E-state index contributed by atoms with van der Waals surface area (Å²) < 4.78 is 1.60. The second-order valence-corrected chi connectivity index (χ2v) is 3.43. The highest BCUT2D eigenvalue weighted by molar-refractivity contribution is 5.33. The van der Waals surface area contributed by atoms with Gasteiger partial charge in [-0.25, -0.2) is 4.68 Å². The molecule has 8 heteroatoms. The van der Waals surface area contributed by atoms with E-state index in [0.29, 0.717) is 12.2 Å². The third-order valence-electron chi connectivity index (χ3n) is 2.30. The first-order valence-electron chi connectivity index (χ1n) is 4.96. The number of nitrogens with one attached hydrogen (secondary N) is 1. The van der Waals surface area contributed by atoms with Crippen LogP contribution in [0.1, 0.15) is 11.4 Å². The first kappa shape index (κ1) is 9.58. The van der Waals surface area contributed by atoms with Crippen LogP contribution in [0, 0.1) is 0 Å². The zero-order chi connectivity index (χ0) is 11.5. The van der Waals surface area contributed by atoms with Gasteiger partial charge in [-0.05, 0) is 28.1 Å². The molecule has 0 saturated heterocycles. The lowest BCUT2D eigenvalue weighted by Gasteiger charge is -2.00. The van der Waals surface area contributed by atoms with Gasteiger partial charge in [-0.15, -0.1) is 15.3 Å². The van der Waals surface area contributed by atoms with E-state index < -0.39 is 0 Å². The Morgan fingerprint density at radius 3 is 2.71 bits per heavy atom. The Kier molecular flexibility index (Phi) is 2.30. The Morgan fingerprint density at radius 1 is 1.18 bits per heavy atom. The van der Waals surface area contributed by atoms with Crippen molar-refractivity contribution in [3.05, 3.63) is 42.0 Å². The maximum Gasteiger partial charge on any atom is 0.178 e. The highest BCUT2D eigenvalue weighted by Gasteiger charge is 2.02. The number of tetrazole rings is 2. The van der Waals surface area contributed by atoms with Crippen molar-refractivity contribution in [1.29, 1.82) is 0 Å². The van der Waals surface area contributed by atoms with Crippen molar-refractivity contribution in [2.75, 3.05) is 0 Å². The zero-order valence-corrected chi connectivity index (χ0v) is 8.72. The van der Waals surface area contributed by atoms with Crippen LogP contribution in [0.5, 0.6) is 0 Å². The Hall–Kier alpha value is -2.64. The minimum atomic E-state index is 0.645. The molecule has 0 unspecified atom stereocenters. The molecule has 2 aromatic heterocycles. The van der Waals surface area contributed by atoms with Crippen molar-refractivity contribution >= 4 is 0 Å². The van der Waals surface area contributed by atoms with Gasteiger partial charge in [0.25, 0.3) is 0 Å². The molecule has 0 fully saturated rings. The average molecular weight is 228 g/mol. The van der Waals surface area contributed by atoms with E-state index in [1.807, 2.05) is 24.3 Å². The molecule has 0 spiro atoms. The number of aromatic amines is 1. The summed E-state index contributed by atoms with van der Waals surface area (Å²) in [5, 5.41) is 24.7. The number of rotatable bonds is 3. The van der Waals surface area contributed by atoms with E-state index in [2.05, 4.69) is 36.1 Å². The van der Waals surface area contributed by atoms with Crippen LogP contribution in [0.25, 0.3) is 5.69 Å². The van der Waals surface area contributed by atoms with Crippen LogP contribution in [0.3, 0.4) is 0 Å². The van der Waals surface area contributed by atoms with E-state index in [9.17, 15) is 0 Å². The predicted octanol–water partition coefficient (Wildman–Crippen LogP) is -0.234. The molecule has 0 radical (unpaired) electrons. The summed E-state index contributed by atoms with van der Waals surface area (Å²) in [6.45, 7) is 0. The van der Waals surface area contributed by atoms with Crippen LogP contribution in [0.2, 0.25) is 0 Å². The SMILES string of the molecule is c1cc(-n2cnnn2)ccc1Cc1nn[nH]n1. The lowest BCUT2D eigenvalue weighted by atomic mass is 10.1. The van der Waals surface area contributed by atoms with Gasteiger partial charge in [-0.3, -0.25) is 0 Å². The van der Waals surface area contributed by atoms with Crippen molar-refractivity contribution in [1.82, 2.24) is 40.8 Å². The molecule has 0 amide bonds. The van der Waals surface area contributed by atoms with E-state index in [0.717, 1.165) is 11.3 Å². The molecule has 1 aromatic carbocycles. The fourth-order valence-electron chi connectivity index (χ4n) is 1.49. The third kappa shape index (κ3) is 2.00. The maximum atomic E-state index is 3.90. The number of H-pyrrole nitrogens is 1. The summed E-state index contributed by atoms with van der Waals surface area (Å²) in [6.07, 6.45) is 2.20. The van der Waals surface area contributed by atoms with Gasteiger partial charge < -0.3 is 0 Å². The number of nitrogens with zero attached hydrogens (tertiary/aromatic N) is 7. The van der Waals surface area contributed by atoms with Gasteiger partial charge in [0.2, 0.25) is 0 Å². The fourth-order valence-corrected chi connectivity index (χ4v) is 1.49. The fraction of sp³-hybridized carbons (Fsp3) is 0.111. The Balaban J connectivity index is 1.81. The molecule has 0 atom stereocenters. The van der Waals surface area contributed by atoms with E-state index in [1.54, 1.807) is 11.0 Å². The number of hydrogen-bond donors (Lipinski definition) is 1. The normalized spacial score (nSPS) is 10.6. The van der Waals surface area contributed by atoms with Crippen molar-refractivity contribution in [3.63, 3.8) is 0 Å². The van der Waals surface area contributed by atoms with Gasteiger partial charge in [0.15, 0.2) is 5.82 Å². The zero-order valence-electron chi connectivity index (χ0n) is 8.72. The van der Waals surface area contributed by atoms with E-state index in [-0.39, 0.29) is 0 Å². The average Bonchev–Trinajstić information content (AvgIpc) is 3.01. The molecule has 0 aliphatic carbocycles. The molecule has 17 heavy (non-hydrogen) atoms.